The Morgan fingerprint density at radius 3 is 2.30 bits per heavy atom. The van der Waals surface area contributed by atoms with E-state index in [0.29, 0.717) is 23.7 Å². The topological polar surface area (TPSA) is 66.9 Å². The molecule has 0 N–H and O–H groups in total. The largest absolute Gasteiger partial charge is 0.449 e. The number of benzene rings is 2. The van der Waals surface area contributed by atoms with Gasteiger partial charge in [-0.3, -0.25) is 13.9 Å². The summed E-state index contributed by atoms with van der Waals surface area (Å²) in [6.07, 6.45) is -0.888. The summed E-state index contributed by atoms with van der Waals surface area (Å²) >= 11 is 0. The van der Waals surface area contributed by atoms with Gasteiger partial charge in [-0.15, -0.1) is 0 Å². The van der Waals surface area contributed by atoms with Gasteiger partial charge in [-0.05, 0) is 24.6 Å². The van der Waals surface area contributed by atoms with Gasteiger partial charge in [-0.1, -0.05) is 49.4 Å². The number of piperazine rings is 1. The van der Waals surface area contributed by atoms with Crippen LogP contribution >= 0.6 is 0 Å². The Morgan fingerprint density at radius 1 is 1.00 bits per heavy atom. The number of carbonyl (C=O) groups is 2. The fraction of sp³-hybridized carbons (Fsp3) is 0.391. The first-order chi connectivity index (χ1) is 14.5. The Kier molecular flexibility index (Phi) is 7.76. The van der Waals surface area contributed by atoms with E-state index >= 15 is 0 Å². The lowest BCUT2D eigenvalue weighted by Crippen LogP contribution is -2.51. The minimum absolute atomic E-state index is 0.197. The molecule has 1 saturated heterocycles. The number of esters is 1. The lowest BCUT2D eigenvalue weighted by Gasteiger charge is -2.35. The molecule has 2 atom stereocenters. The highest BCUT2D eigenvalue weighted by Gasteiger charge is 2.28. The van der Waals surface area contributed by atoms with Gasteiger partial charge in [0.25, 0.3) is 5.91 Å². The fourth-order valence-corrected chi connectivity index (χ4v) is 4.43. The summed E-state index contributed by atoms with van der Waals surface area (Å²) in [5.74, 6) is -0.403. The van der Waals surface area contributed by atoms with E-state index in [2.05, 4.69) is 17.0 Å². The van der Waals surface area contributed by atoms with E-state index in [1.54, 1.807) is 43.0 Å². The smallest absolute Gasteiger partial charge is 0.340 e. The Hall–Kier alpha value is -2.51. The molecular weight excluding hydrogens is 400 g/mol. The van der Waals surface area contributed by atoms with Gasteiger partial charge in [0.15, 0.2) is 6.10 Å². The third kappa shape index (κ3) is 5.55. The van der Waals surface area contributed by atoms with Gasteiger partial charge in [0.05, 0.1) is 21.3 Å². The monoisotopic (exact) mass is 428 g/mol. The molecule has 0 spiro atoms. The first-order valence-electron chi connectivity index (χ1n) is 10.2. The van der Waals surface area contributed by atoms with Crippen molar-refractivity contribution in [2.45, 2.75) is 31.4 Å². The average Bonchev–Trinajstić information content (AvgIpc) is 2.79. The van der Waals surface area contributed by atoms with Crippen molar-refractivity contribution in [3.63, 3.8) is 0 Å². The molecule has 1 aliphatic rings. The molecule has 0 radical (unpaired) electrons. The number of carbonyl (C=O) groups excluding carboxylic acids is 2. The van der Waals surface area contributed by atoms with E-state index in [4.69, 9.17) is 4.74 Å². The zero-order chi connectivity index (χ0) is 21.5. The van der Waals surface area contributed by atoms with Crippen LogP contribution in [-0.2, 0) is 26.9 Å². The summed E-state index contributed by atoms with van der Waals surface area (Å²) in [7, 11) is -1.28. The van der Waals surface area contributed by atoms with E-state index < -0.39 is 22.9 Å². The predicted octanol–water partition coefficient (Wildman–Crippen LogP) is 2.70. The minimum Gasteiger partial charge on any atom is -0.449 e. The predicted molar refractivity (Wildman–Crippen MR) is 117 cm³/mol. The quantitative estimate of drug-likeness (QED) is 0.635. The second kappa shape index (κ2) is 10.5. The number of hydrogen-bond donors (Lipinski definition) is 0. The van der Waals surface area contributed by atoms with Gasteiger partial charge in [0.2, 0.25) is 0 Å². The molecule has 2 unspecified atom stereocenters. The molecule has 160 valence electrons. The SMILES string of the molecule is CCS(=O)c1ccccc1C(=O)OC(C)C(=O)N1CCN(Cc2ccccc2)CC1. The Morgan fingerprint density at radius 2 is 1.63 bits per heavy atom. The Bertz CT molecular complexity index is 895. The van der Waals surface area contributed by atoms with Gasteiger partial charge in [0, 0.05) is 38.5 Å². The molecule has 1 aliphatic heterocycles. The molecule has 0 aromatic heterocycles. The Labute approximate surface area is 180 Å². The van der Waals surface area contributed by atoms with Crippen LogP contribution in [0.15, 0.2) is 59.5 Å². The van der Waals surface area contributed by atoms with Crippen LogP contribution in [0.4, 0.5) is 0 Å². The second-order valence-corrected chi connectivity index (χ2v) is 8.97. The molecule has 0 aliphatic carbocycles. The molecule has 2 aromatic rings. The van der Waals surface area contributed by atoms with Crippen molar-refractivity contribution in [2.75, 3.05) is 31.9 Å². The number of amides is 1. The normalized spacial score (nSPS) is 16.7. The van der Waals surface area contributed by atoms with Crippen molar-refractivity contribution in [3.05, 3.63) is 65.7 Å². The lowest BCUT2D eigenvalue weighted by atomic mass is 10.2. The maximum atomic E-state index is 12.8. The highest BCUT2D eigenvalue weighted by Crippen LogP contribution is 2.17. The zero-order valence-corrected chi connectivity index (χ0v) is 18.3. The van der Waals surface area contributed by atoms with Crippen LogP contribution in [0.5, 0.6) is 0 Å². The van der Waals surface area contributed by atoms with Gasteiger partial charge in [-0.2, -0.15) is 0 Å². The first-order valence-corrected chi connectivity index (χ1v) is 11.5. The number of rotatable bonds is 7. The molecule has 6 nitrogen and oxygen atoms in total. The van der Waals surface area contributed by atoms with Crippen LogP contribution in [-0.4, -0.2) is 63.9 Å². The van der Waals surface area contributed by atoms with Gasteiger partial charge in [0.1, 0.15) is 0 Å². The third-order valence-corrected chi connectivity index (χ3v) is 6.55. The highest BCUT2D eigenvalue weighted by atomic mass is 32.2. The summed E-state index contributed by atoms with van der Waals surface area (Å²) < 4.78 is 17.6. The van der Waals surface area contributed by atoms with Crippen LogP contribution in [0.2, 0.25) is 0 Å². The minimum atomic E-state index is -1.28. The third-order valence-electron chi connectivity index (χ3n) is 5.18. The standard InChI is InChI=1S/C23H28N2O4S/c1-3-30(28)21-12-8-7-11-20(21)23(27)29-18(2)22(26)25-15-13-24(14-16-25)17-19-9-5-4-6-10-19/h4-12,18H,3,13-17H2,1-2H3. The van der Waals surface area contributed by atoms with Crippen LogP contribution in [0.3, 0.4) is 0 Å². The fourth-order valence-electron chi connectivity index (χ4n) is 3.49. The van der Waals surface area contributed by atoms with Gasteiger partial charge >= 0.3 is 5.97 Å². The summed E-state index contributed by atoms with van der Waals surface area (Å²) in [5.41, 5.74) is 1.51. The summed E-state index contributed by atoms with van der Waals surface area (Å²) in [6, 6.07) is 16.9. The van der Waals surface area contributed by atoms with E-state index in [1.165, 1.54) is 5.56 Å². The molecule has 3 rings (SSSR count). The highest BCUT2D eigenvalue weighted by molar-refractivity contribution is 7.85. The molecular formula is C23H28N2O4S. The average molecular weight is 429 g/mol. The van der Waals surface area contributed by atoms with E-state index in [-0.39, 0.29) is 11.5 Å². The number of ether oxygens (including phenoxy) is 1. The van der Waals surface area contributed by atoms with Crippen molar-refractivity contribution >= 4 is 22.7 Å². The van der Waals surface area contributed by atoms with E-state index in [1.807, 2.05) is 18.2 Å². The number of hydrogen-bond acceptors (Lipinski definition) is 5. The molecule has 0 bridgehead atoms. The summed E-state index contributed by atoms with van der Waals surface area (Å²) in [4.78, 5) is 29.9. The summed E-state index contributed by atoms with van der Waals surface area (Å²) in [5, 5.41) is 0. The molecule has 1 amide bonds. The zero-order valence-electron chi connectivity index (χ0n) is 17.5. The van der Waals surface area contributed by atoms with Crippen molar-refractivity contribution < 1.29 is 18.5 Å². The van der Waals surface area contributed by atoms with Crippen LogP contribution in [0.1, 0.15) is 29.8 Å². The maximum absolute atomic E-state index is 12.8. The van der Waals surface area contributed by atoms with Crippen molar-refractivity contribution in [2.24, 2.45) is 0 Å². The molecule has 1 heterocycles. The van der Waals surface area contributed by atoms with Crippen molar-refractivity contribution in [1.29, 1.82) is 0 Å². The van der Waals surface area contributed by atoms with Crippen LogP contribution in [0, 0.1) is 0 Å². The van der Waals surface area contributed by atoms with E-state index in [0.717, 1.165) is 19.6 Å². The Balaban J connectivity index is 1.54. The first kappa shape index (κ1) is 22.2. The van der Waals surface area contributed by atoms with E-state index in [9.17, 15) is 13.8 Å². The van der Waals surface area contributed by atoms with Crippen molar-refractivity contribution in [3.8, 4) is 0 Å². The second-order valence-electron chi connectivity index (χ2n) is 7.26. The molecule has 0 saturated carbocycles. The molecule has 2 aromatic carbocycles. The molecule has 1 fully saturated rings. The van der Waals surface area contributed by atoms with Crippen LogP contribution < -0.4 is 0 Å². The molecule has 7 heteroatoms. The number of nitrogens with zero attached hydrogens (tertiary/aromatic N) is 2. The van der Waals surface area contributed by atoms with Crippen LogP contribution in [0.25, 0.3) is 0 Å². The summed E-state index contributed by atoms with van der Waals surface area (Å²) in [6.45, 7) is 7.00. The lowest BCUT2D eigenvalue weighted by molar-refractivity contribution is -0.141. The molecule has 30 heavy (non-hydrogen) atoms. The van der Waals surface area contributed by atoms with Gasteiger partial charge < -0.3 is 9.64 Å². The van der Waals surface area contributed by atoms with Crippen molar-refractivity contribution in [1.82, 2.24) is 9.80 Å². The van der Waals surface area contributed by atoms with Gasteiger partial charge in [-0.25, -0.2) is 4.79 Å². The maximum Gasteiger partial charge on any atom is 0.340 e.